The molecule has 1 saturated carbocycles. The first-order chi connectivity index (χ1) is 14.0. The zero-order chi connectivity index (χ0) is 20.1. The van der Waals surface area contributed by atoms with Crippen LogP contribution in [0.15, 0.2) is 60.2 Å². The minimum Gasteiger partial charge on any atom is -0.364 e. The molecule has 0 bridgehead atoms. The summed E-state index contributed by atoms with van der Waals surface area (Å²) in [4.78, 5) is 33.3. The number of nitrogens with zero attached hydrogens (tertiary/aromatic N) is 5. The van der Waals surface area contributed by atoms with E-state index in [1.165, 1.54) is 5.01 Å². The lowest BCUT2D eigenvalue weighted by molar-refractivity contribution is -0.118. The highest BCUT2D eigenvalue weighted by molar-refractivity contribution is 6.06. The molecule has 29 heavy (non-hydrogen) atoms. The van der Waals surface area contributed by atoms with Crippen molar-refractivity contribution in [1.82, 2.24) is 24.9 Å². The minimum atomic E-state index is -0.774. The van der Waals surface area contributed by atoms with Crippen molar-refractivity contribution in [2.75, 3.05) is 5.01 Å². The van der Waals surface area contributed by atoms with Crippen LogP contribution in [0.1, 0.15) is 12.8 Å². The van der Waals surface area contributed by atoms with Gasteiger partial charge in [0.2, 0.25) is 5.78 Å². The molecule has 2 aliphatic rings. The van der Waals surface area contributed by atoms with Gasteiger partial charge in [-0.15, -0.1) is 5.53 Å². The standard InChI is InChI=1S/C19H18N8O2/c20-17(28)15-16(18(21)29)27(24-26(15)12-6-7-12)14-8-9-25-10-13(22-19(25)23-14)11-4-2-1-3-5-11/h1-5,8-10,12,24H,6-7H2,(H2,20,28)(H2,21,29). The van der Waals surface area contributed by atoms with Crippen LogP contribution in [0.2, 0.25) is 0 Å². The molecule has 1 aromatic carbocycles. The van der Waals surface area contributed by atoms with Crippen molar-refractivity contribution < 1.29 is 9.59 Å². The molecular weight excluding hydrogens is 372 g/mol. The number of imidazole rings is 1. The van der Waals surface area contributed by atoms with Gasteiger partial charge < -0.3 is 11.5 Å². The Hall–Kier alpha value is -3.92. The molecule has 2 aromatic heterocycles. The molecule has 146 valence electrons. The Bertz CT molecular complexity index is 1170. The Morgan fingerprint density at radius 1 is 1.00 bits per heavy atom. The molecule has 0 unspecified atom stereocenters. The smallest absolute Gasteiger partial charge is 0.269 e. The van der Waals surface area contributed by atoms with Crippen molar-refractivity contribution in [3.8, 4) is 11.3 Å². The lowest BCUT2D eigenvalue weighted by Crippen LogP contribution is -2.45. The van der Waals surface area contributed by atoms with Crippen molar-refractivity contribution in [2.24, 2.45) is 11.5 Å². The van der Waals surface area contributed by atoms with Gasteiger partial charge in [0.05, 0.1) is 5.69 Å². The number of nitrogens with one attached hydrogen (secondary N) is 1. The number of primary amides is 2. The molecule has 3 heterocycles. The van der Waals surface area contributed by atoms with E-state index in [0.717, 1.165) is 24.1 Å². The van der Waals surface area contributed by atoms with Crippen molar-refractivity contribution >= 4 is 23.4 Å². The molecule has 3 aromatic rings. The average molecular weight is 390 g/mol. The van der Waals surface area contributed by atoms with E-state index >= 15 is 0 Å². The Kier molecular flexibility index (Phi) is 3.74. The molecule has 1 aliphatic heterocycles. The van der Waals surface area contributed by atoms with Crippen LogP contribution in [0.5, 0.6) is 0 Å². The Labute approximate surface area is 165 Å². The summed E-state index contributed by atoms with van der Waals surface area (Å²) in [6, 6.07) is 11.5. The highest BCUT2D eigenvalue weighted by Gasteiger charge is 2.43. The van der Waals surface area contributed by atoms with E-state index in [4.69, 9.17) is 11.5 Å². The summed E-state index contributed by atoms with van der Waals surface area (Å²) in [5, 5.41) is 2.98. The monoisotopic (exact) mass is 390 g/mol. The van der Waals surface area contributed by atoms with Crippen molar-refractivity contribution in [3.05, 3.63) is 60.2 Å². The molecule has 0 saturated heterocycles. The molecule has 1 aliphatic carbocycles. The van der Waals surface area contributed by atoms with E-state index in [2.05, 4.69) is 15.5 Å². The summed E-state index contributed by atoms with van der Waals surface area (Å²) in [6.45, 7) is 0. The van der Waals surface area contributed by atoms with Gasteiger partial charge in [0.15, 0.2) is 11.5 Å². The molecule has 5 rings (SSSR count). The van der Waals surface area contributed by atoms with E-state index < -0.39 is 11.8 Å². The number of hydrogen-bond donors (Lipinski definition) is 3. The maximum Gasteiger partial charge on any atom is 0.269 e. The van der Waals surface area contributed by atoms with Crippen LogP contribution in [-0.4, -0.2) is 37.2 Å². The number of hydrazine groups is 2. The zero-order valence-electron chi connectivity index (χ0n) is 15.3. The van der Waals surface area contributed by atoms with Gasteiger partial charge in [-0.1, -0.05) is 30.3 Å². The van der Waals surface area contributed by atoms with Gasteiger partial charge in [-0.25, -0.2) is 9.99 Å². The fraction of sp³-hybridized carbons (Fsp3) is 0.158. The predicted molar refractivity (Wildman–Crippen MR) is 104 cm³/mol. The van der Waals surface area contributed by atoms with Crippen molar-refractivity contribution in [3.63, 3.8) is 0 Å². The largest absolute Gasteiger partial charge is 0.364 e. The molecule has 1 fully saturated rings. The topological polar surface area (TPSA) is 135 Å². The van der Waals surface area contributed by atoms with Crippen LogP contribution in [0.25, 0.3) is 17.0 Å². The van der Waals surface area contributed by atoms with Crippen LogP contribution in [0.3, 0.4) is 0 Å². The number of nitrogens with two attached hydrogens (primary N) is 2. The van der Waals surface area contributed by atoms with Gasteiger partial charge in [-0.2, -0.15) is 4.98 Å². The number of aromatic nitrogens is 3. The van der Waals surface area contributed by atoms with E-state index in [9.17, 15) is 9.59 Å². The first-order valence-electron chi connectivity index (χ1n) is 9.13. The van der Waals surface area contributed by atoms with Crippen LogP contribution in [0.4, 0.5) is 5.82 Å². The third-order valence-electron chi connectivity index (χ3n) is 4.89. The summed E-state index contributed by atoms with van der Waals surface area (Å²) < 4.78 is 1.78. The Morgan fingerprint density at radius 2 is 1.72 bits per heavy atom. The van der Waals surface area contributed by atoms with Crippen LogP contribution in [0, 0.1) is 0 Å². The second-order valence-corrected chi connectivity index (χ2v) is 6.95. The molecule has 0 atom stereocenters. The second kappa shape index (κ2) is 6.31. The summed E-state index contributed by atoms with van der Waals surface area (Å²) in [5.41, 5.74) is 15.9. The van der Waals surface area contributed by atoms with E-state index in [0.29, 0.717) is 11.6 Å². The second-order valence-electron chi connectivity index (χ2n) is 6.95. The summed E-state index contributed by atoms with van der Waals surface area (Å²) >= 11 is 0. The van der Waals surface area contributed by atoms with Gasteiger partial charge in [0.25, 0.3) is 11.8 Å². The van der Waals surface area contributed by atoms with Gasteiger partial charge in [-0.3, -0.25) is 19.0 Å². The van der Waals surface area contributed by atoms with Crippen molar-refractivity contribution in [1.29, 1.82) is 0 Å². The molecule has 0 spiro atoms. The van der Waals surface area contributed by atoms with Gasteiger partial charge in [0, 0.05) is 24.0 Å². The SMILES string of the molecule is NC(=O)C1=C(C(N)=O)N(C2CC2)NN1c1ccn2cc(-c3ccccc3)nc2n1. The van der Waals surface area contributed by atoms with Crippen LogP contribution >= 0.6 is 0 Å². The maximum absolute atomic E-state index is 12.1. The molecule has 5 N–H and O–H groups in total. The quantitative estimate of drug-likeness (QED) is 0.569. The number of hydrogen-bond acceptors (Lipinski definition) is 7. The average Bonchev–Trinajstić information content (AvgIpc) is 3.33. The number of amides is 2. The summed E-state index contributed by atoms with van der Waals surface area (Å²) in [6.07, 6.45) is 5.42. The number of rotatable bonds is 5. The third kappa shape index (κ3) is 2.86. The number of anilines is 1. The van der Waals surface area contributed by atoms with Gasteiger partial charge in [0.1, 0.15) is 5.70 Å². The third-order valence-corrected chi connectivity index (χ3v) is 4.89. The summed E-state index contributed by atoms with van der Waals surface area (Å²) in [5.74, 6) is -0.686. The molecule has 2 amide bonds. The lowest BCUT2D eigenvalue weighted by atomic mass is 10.2. The van der Waals surface area contributed by atoms with E-state index in [-0.39, 0.29) is 17.4 Å². The van der Waals surface area contributed by atoms with Gasteiger partial charge in [-0.05, 0) is 18.9 Å². The maximum atomic E-state index is 12.1. The normalized spacial score (nSPS) is 16.7. The number of carbonyl (C=O) groups is 2. The fourth-order valence-electron chi connectivity index (χ4n) is 3.39. The number of fused-ring (bicyclic) bond motifs is 1. The first kappa shape index (κ1) is 17.2. The minimum absolute atomic E-state index is 0.0314. The summed E-state index contributed by atoms with van der Waals surface area (Å²) in [7, 11) is 0. The fourth-order valence-corrected chi connectivity index (χ4v) is 3.39. The Balaban J connectivity index is 1.57. The highest BCUT2D eigenvalue weighted by Crippen LogP contribution is 2.34. The number of carbonyl (C=O) groups excluding carboxylic acids is 2. The molecule has 10 nitrogen and oxygen atoms in total. The highest BCUT2D eigenvalue weighted by atomic mass is 16.2. The lowest BCUT2D eigenvalue weighted by Gasteiger charge is -2.23. The number of benzene rings is 1. The molecular formula is C19H18N8O2. The van der Waals surface area contributed by atoms with E-state index in [1.807, 2.05) is 36.5 Å². The Morgan fingerprint density at radius 3 is 2.38 bits per heavy atom. The molecule has 0 radical (unpaired) electrons. The first-order valence-corrected chi connectivity index (χ1v) is 9.13. The van der Waals surface area contributed by atoms with E-state index in [1.54, 1.807) is 21.7 Å². The zero-order valence-corrected chi connectivity index (χ0v) is 15.3. The van der Waals surface area contributed by atoms with Crippen LogP contribution < -0.4 is 22.0 Å². The van der Waals surface area contributed by atoms with Gasteiger partial charge >= 0.3 is 0 Å². The van der Waals surface area contributed by atoms with Crippen LogP contribution in [-0.2, 0) is 9.59 Å². The van der Waals surface area contributed by atoms with Crippen molar-refractivity contribution in [2.45, 2.75) is 18.9 Å². The predicted octanol–water partition coefficient (Wildman–Crippen LogP) is 0.283. The molecule has 10 heteroatoms.